The average Bonchev–Trinajstić information content (AvgIpc) is 3.16. The van der Waals surface area contributed by atoms with Crippen molar-refractivity contribution in [2.24, 2.45) is 0 Å². The second kappa shape index (κ2) is 6.06. The number of anilines is 2. The fraction of sp³-hybridized carbons (Fsp3) is 0.0625. The van der Waals surface area contributed by atoms with E-state index >= 15 is 0 Å². The Morgan fingerprint density at radius 2 is 1.69 bits per heavy atom. The zero-order valence-electron chi connectivity index (χ0n) is 13.0. The van der Waals surface area contributed by atoms with E-state index in [-0.39, 0.29) is 11.3 Å². The number of hydrogen-bond donors (Lipinski definition) is 1. The van der Waals surface area contributed by atoms with Crippen LogP contribution in [-0.2, 0) is 6.18 Å². The highest BCUT2D eigenvalue weighted by molar-refractivity contribution is 5.90. The summed E-state index contributed by atoms with van der Waals surface area (Å²) in [5, 5.41) is 14.3. The van der Waals surface area contributed by atoms with E-state index in [4.69, 9.17) is 0 Å². The lowest BCUT2D eigenvalue weighted by atomic mass is 10.2. The zero-order chi connectivity index (χ0) is 18.1. The average molecular weight is 357 g/mol. The van der Waals surface area contributed by atoms with Crippen molar-refractivity contribution >= 4 is 22.4 Å². The minimum Gasteiger partial charge on any atom is -0.340 e. The van der Waals surface area contributed by atoms with Crippen molar-refractivity contribution in [3.05, 3.63) is 60.7 Å². The Bertz CT molecular complexity index is 1040. The molecule has 0 atom stereocenters. The van der Waals surface area contributed by atoms with E-state index in [0.717, 1.165) is 0 Å². The number of nitrogens with zero attached hydrogens (tertiary/aromatic N) is 6. The molecule has 0 aliphatic rings. The van der Waals surface area contributed by atoms with Gasteiger partial charge < -0.3 is 5.32 Å². The van der Waals surface area contributed by atoms with Crippen molar-refractivity contribution in [3.8, 4) is 5.69 Å². The van der Waals surface area contributed by atoms with Crippen LogP contribution in [0.3, 0.4) is 0 Å². The summed E-state index contributed by atoms with van der Waals surface area (Å²) in [6.07, 6.45) is -3.19. The van der Waals surface area contributed by atoms with Gasteiger partial charge in [0, 0.05) is 11.1 Å². The van der Waals surface area contributed by atoms with Crippen molar-refractivity contribution in [2.45, 2.75) is 6.18 Å². The van der Waals surface area contributed by atoms with Gasteiger partial charge >= 0.3 is 6.18 Å². The molecule has 0 bridgehead atoms. The van der Waals surface area contributed by atoms with Gasteiger partial charge in [-0.15, -0.1) is 5.10 Å². The zero-order valence-corrected chi connectivity index (χ0v) is 13.0. The number of nitrogens with one attached hydrogen (secondary N) is 1. The fourth-order valence-corrected chi connectivity index (χ4v) is 2.41. The molecule has 0 spiro atoms. The summed E-state index contributed by atoms with van der Waals surface area (Å²) in [7, 11) is 0. The molecule has 0 unspecified atom stereocenters. The number of fused-ring (bicyclic) bond motifs is 1. The SMILES string of the molecule is FC(F)(F)c1nc(Nc2ccc(-n3cnnn3)cc2)c2ccccc2n1. The molecule has 7 nitrogen and oxygen atoms in total. The quantitative estimate of drug-likeness (QED) is 0.605. The first-order valence-corrected chi connectivity index (χ1v) is 7.45. The molecule has 10 heteroatoms. The van der Waals surface area contributed by atoms with Crippen LogP contribution in [0.1, 0.15) is 5.82 Å². The highest BCUT2D eigenvalue weighted by Crippen LogP contribution is 2.31. The molecule has 0 radical (unpaired) electrons. The monoisotopic (exact) mass is 357 g/mol. The minimum atomic E-state index is -4.63. The predicted octanol–water partition coefficient (Wildman–Crippen LogP) is 3.37. The summed E-state index contributed by atoms with van der Waals surface area (Å²) in [4.78, 5) is 7.25. The fourth-order valence-electron chi connectivity index (χ4n) is 2.41. The molecule has 0 fully saturated rings. The first kappa shape index (κ1) is 15.9. The molecule has 0 aliphatic carbocycles. The van der Waals surface area contributed by atoms with E-state index in [2.05, 4.69) is 30.8 Å². The van der Waals surface area contributed by atoms with Crippen LogP contribution >= 0.6 is 0 Å². The maximum Gasteiger partial charge on any atom is 0.451 e. The molecule has 4 rings (SSSR count). The van der Waals surface area contributed by atoms with Gasteiger partial charge in [-0.3, -0.25) is 0 Å². The Kier molecular flexibility index (Phi) is 3.72. The summed E-state index contributed by atoms with van der Waals surface area (Å²) >= 11 is 0. The second-order valence-corrected chi connectivity index (χ2v) is 5.34. The molecule has 130 valence electrons. The number of tetrazole rings is 1. The number of alkyl halides is 3. The van der Waals surface area contributed by atoms with Gasteiger partial charge in [-0.05, 0) is 46.8 Å². The molecule has 2 heterocycles. The number of aromatic nitrogens is 6. The number of para-hydroxylation sites is 1. The Labute approximate surface area is 144 Å². The third kappa shape index (κ3) is 3.04. The molecule has 4 aromatic rings. The van der Waals surface area contributed by atoms with Crippen LogP contribution < -0.4 is 5.32 Å². The summed E-state index contributed by atoms with van der Waals surface area (Å²) < 4.78 is 40.7. The van der Waals surface area contributed by atoms with Crippen molar-refractivity contribution in [1.82, 2.24) is 30.2 Å². The third-order valence-electron chi connectivity index (χ3n) is 3.60. The van der Waals surface area contributed by atoms with Crippen molar-refractivity contribution < 1.29 is 13.2 Å². The van der Waals surface area contributed by atoms with Crippen LogP contribution in [0.4, 0.5) is 24.7 Å². The molecule has 0 saturated carbocycles. The van der Waals surface area contributed by atoms with Crippen LogP contribution in [0.25, 0.3) is 16.6 Å². The number of benzene rings is 2. The van der Waals surface area contributed by atoms with E-state index in [0.29, 0.717) is 16.8 Å². The highest BCUT2D eigenvalue weighted by atomic mass is 19.4. The normalized spacial score (nSPS) is 11.7. The molecule has 0 amide bonds. The van der Waals surface area contributed by atoms with Gasteiger partial charge in [0.15, 0.2) is 0 Å². The molecular weight excluding hydrogens is 347 g/mol. The van der Waals surface area contributed by atoms with E-state index in [1.54, 1.807) is 42.5 Å². The first-order valence-electron chi connectivity index (χ1n) is 7.45. The van der Waals surface area contributed by atoms with Crippen LogP contribution in [0.15, 0.2) is 54.9 Å². The lowest BCUT2D eigenvalue weighted by Gasteiger charge is -2.12. The Morgan fingerprint density at radius 1 is 0.923 bits per heavy atom. The standard InChI is InChI=1S/C16H10F3N7/c17-16(18,19)15-22-13-4-2-1-3-12(13)14(23-15)21-10-5-7-11(8-6-10)26-9-20-24-25-26/h1-9H,(H,21,22,23). The molecule has 26 heavy (non-hydrogen) atoms. The van der Waals surface area contributed by atoms with E-state index in [1.807, 2.05) is 0 Å². The molecule has 0 aliphatic heterocycles. The summed E-state index contributed by atoms with van der Waals surface area (Å²) in [6, 6.07) is 13.4. The summed E-state index contributed by atoms with van der Waals surface area (Å²) in [6.45, 7) is 0. The number of halogens is 3. The minimum absolute atomic E-state index is 0.0816. The van der Waals surface area contributed by atoms with Crippen molar-refractivity contribution in [3.63, 3.8) is 0 Å². The van der Waals surface area contributed by atoms with Crippen molar-refractivity contribution in [1.29, 1.82) is 0 Å². The topological polar surface area (TPSA) is 81.4 Å². The van der Waals surface area contributed by atoms with Crippen LogP contribution in [0.5, 0.6) is 0 Å². The maximum absolute atomic E-state index is 13.1. The van der Waals surface area contributed by atoms with E-state index < -0.39 is 12.0 Å². The third-order valence-corrected chi connectivity index (χ3v) is 3.60. The smallest absolute Gasteiger partial charge is 0.340 e. The van der Waals surface area contributed by atoms with Crippen LogP contribution in [-0.4, -0.2) is 30.2 Å². The van der Waals surface area contributed by atoms with Gasteiger partial charge in [-0.1, -0.05) is 12.1 Å². The predicted molar refractivity (Wildman–Crippen MR) is 87.0 cm³/mol. The van der Waals surface area contributed by atoms with E-state index in [1.165, 1.54) is 17.1 Å². The number of rotatable bonds is 3. The Morgan fingerprint density at radius 3 is 2.38 bits per heavy atom. The Balaban J connectivity index is 1.72. The first-order chi connectivity index (χ1) is 12.5. The largest absolute Gasteiger partial charge is 0.451 e. The molecule has 2 aromatic heterocycles. The van der Waals surface area contributed by atoms with Gasteiger partial charge in [0.05, 0.1) is 11.2 Å². The summed E-state index contributed by atoms with van der Waals surface area (Å²) in [5.41, 5.74) is 1.49. The lowest BCUT2D eigenvalue weighted by Crippen LogP contribution is -2.12. The highest BCUT2D eigenvalue weighted by Gasteiger charge is 2.35. The van der Waals surface area contributed by atoms with Gasteiger partial charge in [0.25, 0.3) is 0 Å². The number of hydrogen-bond acceptors (Lipinski definition) is 6. The summed E-state index contributed by atoms with van der Waals surface area (Å²) in [5.74, 6) is -1.11. The van der Waals surface area contributed by atoms with Gasteiger partial charge in [0.1, 0.15) is 12.1 Å². The van der Waals surface area contributed by atoms with Gasteiger partial charge in [-0.2, -0.15) is 13.2 Å². The second-order valence-electron chi connectivity index (χ2n) is 5.34. The molecule has 0 saturated heterocycles. The molecular formula is C16H10F3N7. The van der Waals surface area contributed by atoms with Gasteiger partial charge in [-0.25, -0.2) is 14.6 Å². The molecule has 2 aromatic carbocycles. The van der Waals surface area contributed by atoms with Crippen LogP contribution in [0, 0.1) is 0 Å². The van der Waals surface area contributed by atoms with Gasteiger partial charge in [0.2, 0.25) is 5.82 Å². The Hall–Kier alpha value is -3.56. The van der Waals surface area contributed by atoms with Crippen LogP contribution in [0.2, 0.25) is 0 Å². The van der Waals surface area contributed by atoms with Crippen molar-refractivity contribution in [2.75, 3.05) is 5.32 Å². The molecule has 1 N–H and O–H groups in total. The lowest BCUT2D eigenvalue weighted by molar-refractivity contribution is -0.144. The maximum atomic E-state index is 13.1. The van der Waals surface area contributed by atoms with E-state index in [9.17, 15) is 13.2 Å².